The van der Waals surface area contributed by atoms with Gasteiger partial charge in [-0.1, -0.05) is 13.2 Å². The van der Waals surface area contributed by atoms with Crippen molar-refractivity contribution in [2.75, 3.05) is 7.05 Å². The summed E-state index contributed by atoms with van der Waals surface area (Å²) in [6, 6.07) is 1.97. The SMILES string of the molecule is C=C(C(=C)c1cc[nH]c1)C(I)=NC. The van der Waals surface area contributed by atoms with Crippen molar-refractivity contribution in [3.05, 3.63) is 42.8 Å². The molecule has 1 rings (SSSR count). The highest BCUT2D eigenvalue weighted by Gasteiger charge is 2.06. The third-order valence-corrected chi connectivity index (χ3v) is 2.89. The van der Waals surface area contributed by atoms with Gasteiger partial charge in [0.2, 0.25) is 0 Å². The zero-order valence-electron chi connectivity index (χ0n) is 7.47. The number of allylic oxidation sites excluding steroid dienone is 2. The number of nitrogens with one attached hydrogen (secondary N) is 1. The summed E-state index contributed by atoms with van der Waals surface area (Å²) in [5.41, 5.74) is 2.85. The Morgan fingerprint density at radius 1 is 1.54 bits per heavy atom. The van der Waals surface area contributed by atoms with Crippen molar-refractivity contribution in [3.63, 3.8) is 0 Å². The maximum Gasteiger partial charge on any atom is 0.102 e. The largest absolute Gasteiger partial charge is 0.367 e. The van der Waals surface area contributed by atoms with E-state index in [-0.39, 0.29) is 0 Å². The number of hydrogen-bond donors (Lipinski definition) is 1. The molecular weight excluding hydrogens is 275 g/mol. The Balaban J connectivity index is 2.87. The first-order valence-electron chi connectivity index (χ1n) is 3.80. The summed E-state index contributed by atoms with van der Waals surface area (Å²) in [7, 11) is 1.75. The van der Waals surface area contributed by atoms with Crippen LogP contribution in [0.3, 0.4) is 0 Å². The van der Waals surface area contributed by atoms with Crippen molar-refractivity contribution in [3.8, 4) is 0 Å². The first-order valence-corrected chi connectivity index (χ1v) is 4.88. The van der Waals surface area contributed by atoms with Crippen LogP contribution in [0.1, 0.15) is 5.56 Å². The van der Waals surface area contributed by atoms with E-state index in [2.05, 4.69) is 45.7 Å². The molecule has 1 aromatic heterocycles. The Labute approximate surface area is 91.6 Å². The summed E-state index contributed by atoms with van der Waals surface area (Å²) >= 11 is 2.15. The van der Waals surface area contributed by atoms with Crippen LogP contribution in [-0.4, -0.2) is 15.8 Å². The van der Waals surface area contributed by atoms with E-state index in [9.17, 15) is 0 Å². The fourth-order valence-corrected chi connectivity index (χ4v) is 1.27. The van der Waals surface area contributed by atoms with Gasteiger partial charge in [0.1, 0.15) is 3.72 Å². The molecule has 1 N–H and O–H groups in total. The zero-order valence-corrected chi connectivity index (χ0v) is 9.63. The maximum absolute atomic E-state index is 4.05. The number of nitrogens with zero attached hydrogens (tertiary/aromatic N) is 1. The van der Waals surface area contributed by atoms with Crippen LogP contribution in [-0.2, 0) is 0 Å². The van der Waals surface area contributed by atoms with Crippen LogP contribution >= 0.6 is 22.6 Å². The number of aromatic amines is 1. The minimum absolute atomic E-state index is 0.878. The standard InChI is InChI=1S/C10H11IN2/c1-7(8(2)10(11)12-3)9-4-5-13-6-9/h4-6,13H,1-2H2,3H3. The van der Waals surface area contributed by atoms with Crippen LogP contribution in [0, 0.1) is 0 Å². The molecule has 0 saturated heterocycles. The molecule has 3 heteroatoms. The molecule has 0 fully saturated rings. The quantitative estimate of drug-likeness (QED) is 0.502. The molecule has 0 aliphatic carbocycles. The highest BCUT2D eigenvalue weighted by atomic mass is 127. The van der Waals surface area contributed by atoms with E-state index in [1.54, 1.807) is 7.05 Å². The molecule has 0 aliphatic rings. The van der Waals surface area contributed by atoms with Gasteiger partial charge in [-0.15, -0.1) is 0 Å². The average molecular weight is 286 g/mol. The summed E-state index contributed by atoms with van der Waals surface area (Å²) in [5, 5.41) is 0. The first kappa shape index (κ1) is 10.2. The topological polar surface area (TPSA) is 28.1 Å². The lowest BCUT2D eigenvalue weighted by Gasteiger charge is -2.04. The molecular formula is C10H11IN2. The van der Waals surface area contributed by atoms with E-state index in [1.165, 1.54) is 0 Å². The lowest BCUT2D eigenvalue weighted by molar-refractivity contribution is 1.41. The minimum Gasteiger partial charge on any atom is -0.367 e. The van der Waals surface area contributed by atoms with Gasteiger partial charge in [0.15, 0.2) is 0 Å². The molecule has 0 aliphatic heterocycles. The Morgan fingerprint density at radius 3 is 2.69 bits per heavy atom. The number of aromatic nitrogens is 1. The van der Waals surface area contributed by atoms with E-state index < -0.39 is 0 Å². The van der Waals surface area contributed by atoms with Crippen molar-refractivity contribution in [2.24, 2.45) is 4.99 Å². The molecule has 2 nitrogen and oxygen atoms in total. The fraction of sp³-hybridized carbons (Fsp3) is 0.100. The summed E-state index contributed by atoms with van der Waals surface area (Å²) < 4.78 is 0.892. The van der Waals surface area contributed by atoms with Crippen LogP contribution in [0.5, 0.6) is 0 Å². The number of rotatable bonds is 3. The highest BCUT2D eigenvalue weighted by Crippen LogP contribution is 2.22. The number of H-pyrrole nitrogens is 1. The summed E-state index contributed by atoms with van der Waals surface area (Å²) in [6.45, 7) is 7.89. The van der Waals surface area contributed by atoms with Crippen molar-refractivity contribution in [1.82, 2.24) is 4.98 Å². The Hall–Kier alpha value is -0.840. The molecule has 0 bridgehead atoms. The number of hydrogen-bond acceptors (Lipinski definition) is 1. The molecule has 1 heterocycles. The van der Waals surface area contributed by atoms with Gasteiger partial charge in [-0.3, -0.25) is 4.99 Å². The van der Waals surface area contributed by atoms with Crippen molar-refractivity contribution >= 4 is 31.9 Å². The van der Waals surface area contributed by atoms with E-state index in [0.29, 0.717) is 0 Å². The van der Waals surface area contributed by atoms with Crippen LogP contribution < -0.4 is 0 Å². The molecule has 0 atom stereocenters. The lowest BCUT2D eigenvalue weighted by atomic mass is 10.1. The molecule has 0 aromatic carbocycles. The van der Waals surface area contributed by atoms with Gasteiger partial charge in [0.05, 0.1) is 0 Å². The number of halogens is 1. The smallest absolute Gasteiger partial charge is 0.102 e. The molecule has 13 heavy (non-hydrogen) atoms. The van der Waals surface area contributed by atoms with Gasteiger partial charge in [-0.2, -0.15) is 0 Å². The average Bonchev–Trinajstić information content (AvgIpc) is 2.67. The monoisotopic (exact) mass is 286 g/mol. The third-order valence-electron chi connectivity index (χ3n) is 1.76. The van der Waals surface area contributed by atoms with Gasteiger partial charge >= 0.3 is 0 Å². The normalized spacial score (nSPS) is 11.4. The molecule has 0 radical (unpaired) electrons. The molecule has 0 amide bonds. The lowest BCUT2D eigenvalue weighted by Crippen LogP contribution is -1.93. The highest BCUT2D eigenvalue weighted by molar-refractivity contribution is 14.1. The van der Waals surface area contributed by atoms with Gasteiger partial charge in [-0.25, -0.2) is 0 Å². The van der Waals surface area contributed by atoms with Crippen molar-refractivity contribution in [1.29, 1.82) is 0 Å². The molecule has 0 saturated carbocycles. The fourth-order valence-electron chi connectivity index (χ4n) is 0.945. The predicted molar refractivity (Wildman–Crippen MR) is 66.3 cm³/mol. The van der Waals surface area contributed by atoms with E-state index in [4.69, 9.17) is 0 Å². The molecule has 68 valence electrons. The second kappa shape index (κ2) is 4.41. The summed E-state index contributed by atoms with van der Waals surface area (Å²) in [4.78, 5) is 7.03. The second-order valence-electron chi connectivity index (χ2n) is 2.57. The Morgan fingerprint density at radius 2 is 2.23 bits per heavy atom. The van der Waals surface area contributed by atoms with Crippen LogP contribution in [0.25, 0.3) is 5.57 Å². The van der Waals surface area contributed by atoms with Gasteiger partial charge < -0.3 is 4.98 Å². The zero-order chi connectivity index (χ0) is 9.84. The van der Waals surface area contributed by atoms with Gasteiger partial charge in [0.25, 0.3) is 0 Å². The third kappa shape index (κ3) is 2.30. The van der Waals surface area contributed by atoms with Crippen molar-refractivity contribution < 1.29 is 0 Å². The van der Waals surface area contributed by atoms with E-state index >= 15 is 0 Å². The van der Waals surface area contributed by atoms with E-state index in [1.807, 2.05) is 18.5 Å². The molecule has 1 aromatic rings. The Kier molecular flexibility index (Phi) is 3.48. The molecule has 0 unspecified atom stereocenters. The van der Waals surface area contributed by atoms with Gasteiger partial charge in [-0.05, 0) is 39.8 Å². The number of aliphatic imine (C=N–C) groups is 1. The minimum atomic E-state index is 0.878. The van der Waals surface area contributed by atoms with Crippen LogP contribution in [0.15, 0.2) is 42.2 Å². The van der Waals surface area contributed by atoms with Crippen LogP contribution in [0.2, 0.25) is 0 Å². The Bertz CT molecular complexity index is 347. The summed E-state index contributed by atoms with van der Waals surface area (Å²) in [6.07, 6.45) is 3.76. The summed E-state index contributed by atoms with van der Waals surface area (Å²) in [5.74, 6) is 0. The second-order valence-corrected chi connectivity index (χ2v) is 3.59. The first-order chi connectivity index (χ1) is 6.16. The van der Waals surface area contributed by atoms with Gasteiger partial charge in [0, 0.05) is 25.0 Å². The predicted octanol–water partition coefficient (Wildman–Crippen LogP) is 3.05. The molecule has 0 spiro atoms. The van der Waals surface area contributed by atoms with E-state index in [0.717, 1.165) is 20.4 Å². The van der Waals surface area contributed by atoms with Crippen molar-refractivity contribution in [2.45, 2.75) is 0 Å². The maximum atomic E-state index is 4.05. The van der Waals surface area contributed by atoms with Crippen LogP contribution in [0.4, 0.5) is 0 Å².